The van der Waals surface area contributed by atoms with Crippen LogP contribution in [-0.2, 0) is 6.42 Å². The first-order chi connectivity index (χ1) is 12.2. The number of rotatable bonds is 4. The number of aldehydes is 1. The maximum atomic E-state index is 14.2. The van der Waals surface area contributed by atoms with Gasteiger partial charge < -0.3 is 4.42 Å². The van der Waals surface area contributed by atoms with Crippen LogP contribution in [0.2, 0.25) is 0 Å². The van der Waals surface area contributed by atoms with Gasteiger partial charge in [0, 0.05) is 5.56 Å². The molecule has 0 atom stereocenters. The Morgan fingerprint density at radius 2 is 1.80 bits per heavy atom. The predicted octanol–water partition coefficient (Wildman–Crippen LogP) is 5.04. The molecule has 0 radical (unpaired) electrons. The van der Waals surface area contributed by atoms with Crippen molar-refractivity contribution in [3.05, 3.63) is 89.2 Å². The highest BCUT2D eigenvalue weighted by molar-refractivity contribution is 5.79. The summed E-state index contributed by atoms with van der Waals surface area (Å²) in [4.78, 5) is 15.1. The molecule has 0 saturated heterocycles. The fourth-order valence-corrected chi connectivity index (χ4v) is 2.80. The molecule has 0 fully saturated rings. The molecule has 122 valence electrons. The molecule has 0 aliphatic carbocycles. The van der Waals surface area contributed by atoms with Gasteiger partial charge in [-0.15, -0.1) is 0 Å². The van der Waals surface area contributed by atoms with Crippen LogP contribution in [0.4, 0.5) is 4.39 Å². The Labute approximate surface area is 143 Å². The third kappa shape index (κ3) is 3.06. The molecule has 3 aromatic carbocycles. The first kappa shape index (κ1) is 15.3. The van der Waals surface area contributed by atoms with Gasteiger partial charge in [-0.05, 0) is 41.8 Å². The van der Waals surface area contributed by atoms with Gasteiger partial charge in [0.25, 0.3) is 0 Å². The third-order valence-corrected chi connectivity index (χ3v) is 4.06. The lowest BCUT2D eigenvalue weighted by Gasteiger charge is -2.01. The van der Waals surface area contributed by atoms with Gasteiger partial charge in [0.15, 0.2) is 5.58 Å². The summed E-state index contributed by atoms with van der Waals surface area (Å²) in [5.41, 5.74) is 4.11. The summed E-state index contributed by atoms with van der Waals surface area (Å²) in [5, 5.41) is 0. The molecule has 0 unspecified atom stereocenters. The van der Waals surface area contributed by atoms with Gasteiger partial charge in [-0.1, -0.05) is 42.5 Å². The maximum Gasteiger partial charge on any atom is 0.230 e. The average Bonchev–Trinajstić information content (AvgIpc) is 3.05. The summed E-state index contributed by atoms with van der Waals surface area (Å²) < 4.78 is 19.9. The van der Waals surface area contributed by atoms with E-state index in [1.165, 1.54) is 17.7 Å². The van der Waals surface area contributed by atoms with Crippen LogP contribution < -0.4 is 0 Å². The molecule has 0 spiro atoms. The molecule has 25 heavy (non-hydrogen) atoms. The van der Waals surface area contributed by atoms with Crippen molar-refractivity contribution in [1.29, 1.82) is 0 Å². The van der Waals surface area contributed by atoms with Crippen molar-refractivity contribution in [3.63, 3.8) is 0 Å². The Kier molecular flexibility index (Phi) is 3.86. The monoisotopic (exact) mass is 331 g/mol. The van der Waals surface area contributed by atoms with Crippen LogP contribution in [0.1, 0.15) is 21.5 Å². The zero-order chi connectivity index (χ0) is 17.2. The zero-order valence-corrected chi connectivity index (χ0v) is 13.3. The number of halogens is 1. The van der Waals surface area contributed by atoms with Gasteiger partial charge in [-0.2, -0.15) is 0 Å². The first-order valence-electron chi connectivity index (χ1n) is 7.91. The molecule has 0 amide bonds. The normalized spacial score (nSPS) is 10.9. The minimum absolute atomic E-state index is 0.210. The second-order valence-corrected chi connectivity index (χ2v) is 5.84. The molecule has 4 aromatic rings. The molecular weight excluding hydrogens is 317 g/mol. The Hall–Kier alpha value is -3.27. The number of oxazole rings is 1. The fraction of sp³-hybridized carbons (Fsp3) is 0.0476. The largest absolute Gasteiger partial charge is 0.436 e. The van der Waals surface area contributed by atoms with E-state index in [0.717, 1.165) is 12.0 Å². The third-order valence-electron chi connectivity index (χ3n) is 4.06. The van der Waals surface area contributed by atoms with E-state index in [4.69, 9.17) is 4.42 Å². The van der Waals surface area contributed by atoms with Crippen molar-refractivity contribution in [2.24, 2.45) is 0 Å². The zero-order valence-electron chi connectivity index (χ0n) is 13.3. The first-order valence-corrected chi connectivity index (χ1v) is 7.91. The minimum Gasteiger partial charge on any atom is -0.436 e. The molecule has 0 bridgehead atoms. The van der Waals surface area contributed by atoms with Gasteiger partial charge in [-0.25, -0.2) is 9.37 Å². The van der Waals surface area contributed by atoms with Crippen LogP contribution in [-0.4, -0.2) is 11.3 Å². The number of nitrogens with zero attached hydrogens (tertiary/aromatic N) is 1. The van der Waals surface area contributed by atoms with Crippen molar-refractivity contribution in [3.8, 4) is 11.5 Å². The second-order valence-electron chi connectivity index (χ2n) is 5.84. The van der Waals surface area contributed by atoms with Crippen LogP contribution in [0, 0.1) is 5.82 Å². The SMILES string of the molecule is O=Cc1ccc(-c2nc3ccc(Cc4ccccc4)cc3o2)c(F)c1. The van der Waals surface area contributed by atoms with Gasteiger partial charge >= 0.3 is 0 Å². The summed E-state index contributed by atoms with van der Waals surface area (Å²) in [7, 11) is 0. The Balaban J connectivity index is 1.70. The van der Waals surface area contributed by atoms with Crippen molar-refractivity contribution in [2.75, 3.05) is 0 Å². The van der Waals surface area contributed by atoms with Gasteiger partial charge in [0.1, 0.15) is 17.6 Å². The van der Waals surface area contributed by atoms with E-state index in [2.05, 4.69) is 17.1 Å². The van der Waals surface area contributed by atoms with Crippen LogP contribution in [0.5, 0.6) is 0 Å². The van der Waals surface area contributed by atoms with Crippen molar-refractivity contribution in [2.45, 2.75) is 6.42 Å². The highest BCUT2D eigenvalue weighted by atomic mass is 19.1. The van der Waals surface area contributed by atoms with Crippen LogP contribution >= 0.6 is 0 Å². The molecule has 1 aromatic heterocycles. The van der Waals surface area contributed by atoms with Gasteiger partial charge in [-0.3, -0.25) is 4.79 Å². The van der Waals surface area contributed by atoms with E-state index < -0.39 is 5.82 Å². The van der Waals surface area contributed by atoms with Gasteiger partial charge in [0.05, 0.1) is 5.56 Å². The van der Waals surface area contributed by atoms with Crippen molar-refractivity contribution >= 4 is 17.4 Å². The van der Waals surface area contributed by atoms with Gasteiger partial charge in [0.2, 0.25) is 5.89 Å². The number of benzene rings is 3. The minimum atomic E-state index is -0.527. The summed E-state index contributed by atoms with van der Waals surface area (Å²) in [6.45, 7) is 0. The summed E-state index contributed by atoms with van der Waals surface area (Å²) in [5.74, 6) is -0.317. The molecule has 0 aliphatic rings. The molecule has 0 aliphatic heterocycles. The summed E-state index contributed by atoms with van der Waals surface area (Å²) >= 11 is 0. The van der Waals surface area contributed by atoms with Crippen LogP contribution in [0.15, 0.2) is 71.1 Å². The standard InChI is InChI=1S/C21H14FNO2/c22-18-11-16(13-24)6-8-17(18)21-23-19-9-7-15(12-20(19)25-21)10-14-4-2-1-3-5-14/h1-9,11-13H,10H2. The average molecular weight is 331 g/mol. The number of hydrogen-bond acceptors (Lipinski definition) is 3. The highest BCUT2D eigenvalue weighted by Gasteiger charge is 2.13. The Morgan fingerprint density at radius 1 is 0.960 bits per heavy atom. The maximum absolute atomic E-state index is 14.2. The number of hydrogen-bond donors (Lipinski definition) is 0. The van der Waals surface area contributed by atoms with Crippen LogP contribution in [0.3, 0.4) is 0 Å². The van der Waals surface area contributed by atoms with Crippen LogP contribution in [0.25, 0.3) is 22.6 Å². The number of fused-ring (bicyclic) bond motifs is 1. The lowest BCUT2D eigenvalue weighted by Crippen LogP contribution is -1.87. The lowest BCUT2D eigenvalue weighted by molar-refractivity contribution is 0.112. The van der Waals surface area contributed by atoms with Crippen molar-refractivity contribution < 1.29 is 13.6 Å². The Bertz CT molecular complexity index is 1050. The fourth-order valence-electron chi connectivity index (χ4n) is 2.80. The quantitative estimate of drug-likeness (QED) is 0.492. The molecule has 1 heterocycles. The van der Waals surface area contributed by atoms with E-state index in [9.17, 15) is 9.18 Å². The lowest BCUT2D eigenvalue weighted by atomic mass is 10.1. The second kappa shape index (κ2) is 6.32. The topological polar surface area (TPSA) is 43.1 Å². The van der Waals surface area contributed by atoms with E-state index in [1.54, 1.807) is 6.07 Å². The molecular formula is C21H14FNO2. The molecule has 3 nitrogen and oxygen atoms in total. The number of carbonyl (C=O) groups is 1. The van der Waals surface area contributed by atoms with E-state index in [1.807, 2.05) is 36.4 Å². The molecule has 4 rings (SSSR count). The summed E-state index contributed by atoms with van der Waals surface area (Å²) in [6.07, 6.45) is 1.39. The Morgan fingerprint density at radius 3 is 2.56 bits per heavy atom. The highest BCUT2D eigenvalue weighted by Crippen LogP contribution is 2.27. The van der Waals surface area contributed by atoms with Crippen molar-refractivity contribution in [1.82, 2.24) is 4.98 Å². The van der Waals surface area contributed by atoms with E-state index >= 15 is 0 Å². The molecule has 0 N–H and O–H groups in total. The van der Waals surface area contributed by atoms with E-state index in [0.29, 0.717) is 17.4 Å². The summed E-state index contributed by atoms with van der Waals surface area (Å²) in [6, 6.07) is 20.2. The van der Waals surface area contributed by atoms with E-state index in [-0.39, 0.29) is 17.0 Å². The number of carbonyl (C=O) groups excluding carboxylic acids is 1. The number of aromatic nitrogens is 1. The smallest absolute Gasteiger partial charge is 0.230 e. The molecule has 4 heteroatoms. The molecule has 0 saturated carbocycles. The predicted molar refractivity (Wildman–Crippen MR) is 94.0 cm³/mol.